The number of carbonyl (C=O) groups is 2. The van der Waals surface area contributed by atoms with E-state index < -0.39 is 32.9 Å². The van der Waals surface area contributed by atoms with Gasteiger partial charge in [-0.2, -0.15) is 4.72 Å². The summed E-state index contributed by atoms with van der Waals surface area (Å²) in [6.45, 7) is 0.166. The average Bonchev–Trinajstić information content (AvgIpc) is 3.06. The van der Waals surface area contributed by atoms with Gasteiger partial charge in [-0.15, -0.1) is 0 Å². The molecule has 1 amide bonds. The first kappa shape index (κ1) is 19.5. The molecule has 10 nitrogen and oxygen atoms in total. The maximum atomic E-state index is 12.3. The van der Waals surface area contributed by atoms with Gasteiger partial charge in [0, 0.05) is 29.8 Å². The van der Waals surface area contributed by atoms with Crippen molar-refractivity contribution in [2.75, 3.05) is 11.9 Å². The number of benzene rings is 2. The zero-order chi connectivity index (χ0) is 20.3. The summed E-state index contributed by atoms with van der Waals surface area (Å²) in [6.07, 6.45) is 0.265. The fourth-order valence-electron chi connectivity index (χ4n) is 2.51. The van der Waals surface area contributed by atoms with Crippen LogP contribution in [0.1, 0.15) is 16.8 Å². The lowest BCUT2D eigenvalue weighted by molar-refractivity contribution is -0.384. The number of non-ortho nitro benzene ring substituents is 1. The molecule has 3 rings (SSSR count). The van der Waals surface area contributed by atoms with Gasteiger partial charge in [0.2, 0.25) is 10.0 Å². The van der Waals surface area contributed by atoms with Crippen molar-refractivity contribution in [2.24, 2.45) is 0 Å². The average molecular weight is 405 g/mol. The van der Waals surface area contributed by atoms with E-state index >= 15 is 0 Å². The Labute approximate surface area is 159 Å². The van der Waals surface area contributed by atoms with Crippen molar-refractivity contribution in [3.05, 3.63) is 64.2 Å². The van der Waals surface area contributed by atoms with Crippen molar-refractivity contribution in [3.63, 3.8) is 0 Å². The van der Waals surface area contributed by atoms with Gasteiger partial charge in [0.15, 0.2) is 0 Å². The maximum Gasteiger partial charge on any atom is 0.324 e. The quantitative estimate of drug-likeness (QED) is 0.420. The highest BCUT2D eigenvalue weighted by molar-refractivity contribution is 7.89. The first-order valence-corrected chi connectivity index (χ1v) is 9.59. The molecule has 146 valence electrons. The SMILES string of the molecule is O=C(Nc1ccc(S(=O)(=O)NC2CCOC2=O)cc1)c1ccc([N+](=O)[O-])cc1. The molecular weight excluding hydrogens is 390 g/mol. The van der Waals surface area contributed by atoms with Gasteiger partial charge >= 0.3 is 5.97 Å². The molecule has 2 N–H and O–H groups in total. The van der Waals surface area contributed by atoms with Crippen LogP contribution < -0.4 is 10.0 Å². The fourth-order valence-corrected chi connectivity index (χ4v) is 3.73. The number of rotatable bonds is 6. The molecule has 0 spiro atoms. The van der Waals surface area contributed by atoms with E-state index in [9.17, 15) is 28.1 Å². The standard InChI is InChI=1S/C17H15N3O7S/c21-16(11-1-5-13(6-2-11)20(23)24)18-12-3-7-14(8-4-12)28(25,26)19-15-9-10-27-17(15)22/h1-8,15,19H,9-10H2,(H,18,21). The summed E-state index contributed by atoms with van der Waals surface area (Å²) in [4.78, 5) is 33.6. The molecule has 0 bridgehead atoms. The first-order valence-electron chi connectivity index (χ1n) is 8.11. The number of nitrogens with one attached hydrogen (secondary N) is 2. The van der Waals surface area contributed by atoms with Gasteiger partial charge in [-0.1, -0.05) is 0 Å². The molecule has 0 aromatic heterocycles. The number of esters is 1. The maximum absolute atomic E-state index is 12.3. The topological polar surface area (TPSA) is 145 Å². The van der Waals surface area contributed by atoms with Crippen LogP contribution in [0.3, 0.4) is 0 Å². The van der Waals surface area contributed by atoms with Crippen LogP contribution in [0.5, 0.6) is 0 Å². The Morgan fingerprint density at radius 1 is 1.11 bits per heavy atom. The van der Waals surface area contributed by atoms with E-state index in [1.54, 1.807) is 0 Å². The zero-order valence-corrected chi connectivity index (χ0v) is 15.1. The van der Waals surface area contributed by atoms with E-state index in [1.165, 1.54) is 48.5 Å². The second kappa shape index (κ2) is 7.74. The number of nitrogens with zero attached hydrogens (tertiary/aromatic N) is 1. The van der Waals surface area contributed by atoms with Gasteiger partial charge in [-0.25, -0.2) is 8.42 Å². The molecule has 1 unspecified atom stereocenters. The van der Waals surface area contributed by atoms with Crippen LogP contribution in [0.15, 0.2) is 53.4 Å². The zero-order valence-electron chi connectivity index (χ0n) is 14.3. The van der Waals surface area contributed by atoms with Crippen LogP contribution in [-0.2, 0) is 19.6 Å². The number of ether oxygens (including phenoxy) is 1. The summed E-state index contributed by atoms with van der Waals surface area (Å²) >= 11 is 0. The highest BCUT2D eigenvalue weighted by Gasteiger charge is 2.31. The summed E-state index contributed by atoms with van der Waals surface area (Å²) < 4.78 is 31.6. The normalized spacial score (nSPS) is 16.4. The lowest BCUT2D eigenvalue weighted by Crippen LogP contribution is -2.37. The Morgan fingerprint density at radius 3 is 2.29 bits per heavy atom. The third-order valence-corrected chi connectivity index (χ3v) is 5.48. The minimum Gasteiger partial charge on any atom is -0.464 e. The lowest BCUT2D eigenvalue weighted by atomic mass is 10.2. The summed E-state index contributed by atoms with van der Waals surface area (Å²) in [7, 11) is -3.91. The van der Waals surface area contributed by atoms with E-state index in [4.69, 9.17) is 4.74 Å². The predicted molar refractivity (Wildman–Crippen MR) is 97.2 cm³/mol. The minimum atomic E-state index is -3.91. The molecule has 1 saturated heterocycles. The Morgan fingerprint density at radius 2 is 1.75 bits per heavy atom. The smallest absolute Gasteiger partial charge is 0.324 e. The largest absolute Gasteiger partial charge is 0.464 e. The molecular formula is C17H15N3O7S. The molecule has 1 aliphatic heterocycles. The second-order valence-corrected chi connectivity index (χ2v) is 7.63. The van der Waals surface area contributed by atoms with E-state index in [1.807, 2.05) is 0 Å². The predicted octanol–water partition coefficient (Wildman–Crippen LogP) is 1.44. The van der Waals surface area contributed by atoms with Gasteiger partial charge in [0.05, 0.1) is 16.4 Å². The van der Waals surface area contributed by atoms with Crippen molar-refractivity contribution in [1.82, 2.24) is 4.72 Å². The molecule has 1 atom stereocenters. The van der Waals surface area contributed by atoms with Crippen LogP contribution in [0.2, 0.25) is 0 Å². The molecule has 1 aliphatic rings. The van der Waals surface area contributed by atoms with E-state index in [2.05, 4.69) is 10.0 Å². The Kier molecular flexibility index (Phi) is 5.38. The number of nitro benzene ring substituents is 1. The molecule has 28 heavy (non-hydrogen) atoms. The van der Waals surface area contributed by atoms with Gasteiger partial charge < -0.3 is 10.1 Å². The molecule has 0 radical (unpaired) electrons. The summed E-state index contributed by atoms with van der Waals surface area (Å²) in [6, 6.07) is 9.51. The van der Waals surface area contributed by atoms with Crippen LogP contribution >= 0.6 is 0 Å². The van der Waals surface area contributed by atoms with E-state index in [0.29, 0.717) is 5.69 Å². The number of amides is 1. The highest BCUT2D eigenvalue weighted by Crippen LogP contribution is 2.18. The number of carbonyl (C=O) groups excluding carboxylic acids is 2. The number of cyclic esters (lactones) is 1. The Bertz CT molecular complexity index is 1020. The third-order valence-electron chi connectivity index (χ3n) is 4.00. The van der Waals surface area contributed by atoms with E-state index in [0.717, 1.165) is 0 Å². The monoisotopic (exact) mass is 405 g/mol. The van der Waals surface area contributed by atoms with Gasteiger partial charge in [0.25, 0.3) is 11.6 Å². The molecule has 0 aliphatic carbocycles. The Hall–Kier alpha value is -3.31. The van der Waals surface area contributed by atoms with Crippen LogP contribution in [0.4, 0.5) is 11.4 Å². The molecule has 11 heteroatoms. The lowest BCUT2D eigenvalue weighted by Gasteiger charge is -2.11. The van der Waals surface area contributed by atoms with Crippen LogP contribution in [0, 0.1) is 10.1 Å². The van der Waals surface area contributed by atoms with Crippen molar-refractivity contribution in [3.8, 4) is 0 Å². The van der Waals surface area contributed by atoms with Gasteiger partial charge in [-0.3, -0.25) is 19.7 Å². The molecule has 1 heterocycles. The van der Waals surface area contributed by atoms with E-state index in [-0.39, 0.29) is 29.2 Å². The second-order valence-electron chi connectivity index (χ2n) is 5.91. The summed E-state index contributed by atoms with van der Waals surface area (Å²) in [5.74, 6) is -1.12. The first-order chi connectivity index (χ1) is 13.3. The van der Waals surface area contributed by atoms with Crippen molar-refractivity contribution in [1.29, 1.82) is 0 Å². The van der Waals surface area contributed by atoms with Gasteiger partial charge in [-0.05, 0) is 36.4 Å². The van der Waals surface area contributed by atoms with Crippen LogP contribution in [-0.4, -0.2) is 37.9 Å². The van der Waals surface area contributed by atoms with Crippen molar-refractivity contribution < 1.29 is 27.7 Å². The van der Waals surface area contributed by atoms with Crippen molar-refractivity contribution in [2.45, 2.75) is 17.4 Å². The number of sulfonamides is 1. The van der Waals surface area contributed by atoms with Gasteiger partial charge in [0.1, 0.15) is 6.04 Å². The number of hydrogen-bond acceptors (Lipinski definition) is 7. The van der Waals surface area contributed by atoms with Crippen molar-refractivity contribution >= 4 is 33.3 Å². The molecule has 2 aromatic rings. The third kappa shape index (κ3) is 4.32. The Balaban J connectivity index is 1.67. The summed E-state index contributed by atoms with van der Waals surface area (Å²) in [5, 5.41) is 13.2. The molecule has 1 fully saturated rings. The fraction of sp³-hybridized carbons (Fsp3) is 0.176. The minimum absolute atomic E-state index is 0.0689. The number of hydrogen-bond donors (Lipinski definition) is 2. The number of nitro groups is 1. The van der Waals surface area contributed by atoms with Crippen LogP contribution in [0.25, 0.3) is 0 Å². The molecule has 2 aromatic carbocycles. The number of anilines is 1. The summed E-state index contributed by atoms with van der Waals surface area (Å²) in [5.41, 5.74) is 0.413. The highest BCUT2D eigenvalue weighted by atomic mass is 32.2. The molecule has 0 saturated carbocycles.